The van der Waals surface area contributed by atoms with Gasteiger partial charge in [0.05, 0.1) is 25.2 Å². The lowest BCUT2D eigenvalue weighted by molar-refractivity contribution is 0.396. The predicted octanol–water partition coefficient (Wildman–Crippen LogP) is 3.83. The zero-order chi connectivity index (χ0) is 15.1. The van der Waals surface area contributed by atoms with Gasteiger partial charge in [-0.25, -0.2) is 4.98 Å². The Hall–Kier alpha value is -2.23. The molecule has 0 aromatic carbocycles. The highest BCUT2D eigenvalue weighted by Gasteiger charge is 2.08. The van der Waals surface area contributed by atoms with Gasteiger partial charge in [0.2, 0.25) is 5.88 Å². The zero-order valence-electron chi connectivity index (χ0n) is 12.8. The third kappa shape index (κ3) is 3.41. The standard InChI is InChI=1S/C14H15N3O.C2H6/c1-5-11-6-12(16-10(3)9(11)2)13-7-15-8-14(17-13)18-4;1-2/h5-8H,1H2,2-4H3;1-2H3. The van der Waals surface area contributed by atoms with Gasteiger partial charge in [0.1, 0.15) is 5.69 Å². The maximum atomic E-state index is 5.07. The van der Waals surface area contributed by atoms with E-state index < -0.39 is 0 Å². The van der Waals surface area contributed by atoms with Crippen LogP contribution in [0.4, 0.5) is 0 Å². The van der Waals surface area contributed by atoms with E-state index in [4.69, 9.17) is 4.74 Å². The van der Waals surface area contributed by atoms with Crippen LogP contribution in [0.1, 0.15) is 30.7 Å². The Balaban J connectivity index is 0.000000956. The van der Waals surface area contributed by atoms with Crippen LogP contribution in [-0.2, 0) is 0 Å². The molecule has 2 aromatic heterocycles. The second-order valence-electron chi connectivity index (χ2n) is 3.96. The lowest BCUT2D eigenvalue weighted by Crippen LogP contribution is -1.97. The molecule has 0 amide bonds. The van der Waals surface area contributed by atoms with Crippen molar-refractivity contribution in [2.45, 2.75) is 27.7 Å². The van der Waals surface area contributed by atoms with Crippen molar-refractivity contribution in [2.75, 3.05) is 7.11 Å². The Morgan fingerprint density at radius 3 is 2.40 bits per heavy atom. The van der Waals surface area contributed by atoms with Gasteiger partial charge in [-0.15, -0.1) is 0 Å². The van der Waals surface area contributed by atoms with E-state index in [1.165, 1.54) is 0 Å². The van der Waals surface area contributed by atoms with Gasteiger partial charge < -0.3 is 4.74 Å². The fourth-order valence-electron chi connectivity index (χ4n) is 1.67. The summed E-state index contributed by atoms with van der Waals surface area (Å²) in [6.07, 6.45) is 5.06. The summed E-state index contributed by atoms with van der Waals surface area (Å²) in [6, 6.07) is 1.96. The van der Waals surface area contributed by atoms with E-state index in [0.29, 0.717) is 11.6 Å². The molecule has 0 bridgehead atoms. The van der Waals surface area contributed by atoms with Gasteiger partial charge in [-0.05, 0) is 31.0 Å². The first-order valence-electron chi connectivity index (χ1n) is 6.62. The number of pyridine rings is 1. The van der Waals surface area contributed by atoms with Crippen molar-refractivity contribution in [2.24, 2.45) is 0 Å². The summed E-state index contributed by atoms with van der Waals surface area (Å²) in [6.45, 7) is 11.8. The molecule has 0 radical (unpaired) electrons. The van der Waals surface area contributed by atoms with Crippen molar-refractivity contribution < 1.29 is 4.74 Å². The van der Waals surface area contributed by atoms with Crippen LogP contribution in [0.2, 0.25) is 0 Å². The molecule has 0 unspecified atom stereocenters. The second kappa shape index (κ2) is 7.38. The van der Waals surface area contributed by atoms with Crippen molar-refractivity contribution in [3.8, 4) is 17.3 Å². The SMILES string of the molecule is C=Cc1cc(-c2cncc(OC)n2)nc(C)c1C.CC. The molecule has 0 saturated heterocycles. The van der Waals surface area contributed by atoms with E-state index in [2.05, 4.69) is 21.5 Å². The summed E-state index contributed by atoms with van der Waals surface area (Å²) in [5, 5.41) is 0. The van der Waals surface area contributed by atoms with E-state index in [1.54, 1.807) is 19.5 Å². The summed E-state index contributed by atoms with van der Waals surface area (Å²) in [4.78, 5) is 12.9. The Labute approximate surface area is 120 Å². The molecule has 0 saturated carbocycles. The first kappa shape index (κ1) is 15.8. The number of nitrogens with zero attached hydrogens (tertiary/aromatic N) is 3. The average Bonchev–Trinajstić information content (AvgIpc) is 2.52. The van der Waals surface area contributed by atoms with Crippen LogP contribution in [0.25, 0.3) is 17.5 Å². The average molecular weight is 271 g/mol. The van der Waals surface area contributed by atoms with Crippen molar-refractivity contribution in [3.05, 3.63) is 41.9 Å². The topological polar surface area (TPSA) is 47.9 Å². The summed E-state index contributed by atoms with van der Waals surface area (Å²) in [5.41, 5.74) is 4.62. The number of aryl methyl sites for hydroxylation is 1. The molecule has 0 aliphatic heterocycles. The van der Waals surface area contributed by atoms with E-state index in [0.717, 1.165) is 22.5 Å². The van der Waals surface area contributed by atoms with E-state index >= 15 is 0 Å². The highest BCUT2D eigenvalue weighted by Crippen LogP contribution is 2.22. The van der Waals surface area contributed by atoms with Crippen molar-refractivity contribution in [1.82, 2.24) is 15.0 Å². The fourth-order valence-corrected chi connectivity index (χ4v) is 1.67. The molecule has 0 N–H and O–H groups in total. The monoisotopic (exact) mass is 271 g/mol. The lowest BCUT2D eigenvalue weighted by Gasteiger charge is -2.08. The quantitative estimate of drug-likeness (QED) is 0.851. The van der Waals surface area contributed by atoms with E-state index in [-0.39, 0.29) is 0 Å². The molecule has 106 valence electrons. The van der Waals surface area contributed by atoms with Gasteiger partial charge in [0, 0.05) is 5.69 Å². The van der Waals surface area contributed by atoms with Gasteiger partial charge in [0.25, 0.3) is 0 Å². The minimum atomic E-state index is 0.479. The maximum absolute atomic E-state index is 5.07. The number of hydrogen-bond acceptors (Lipinski definition) is 4. The molecule has 2 rings (SSSR count). The molecular formula is C16H21N3O. The Kier molecular flexibility index (Phi) is 5.84. The highest BCUT2D eigenvalue weighted by atomic mass is 16.5. The molecule has 0 atom stereocenters. The third-order valence-corrected chi connectivity index (χ3v) is 2.86. The molecule has 0 aliphatic rings. The van der Waals surface area contributed by atoms with Gasteiger partial charge in [-0.3, -0.25) is 9.97 Å². The Morgan fingerprint density at radius 1 is 1.10 bits per heavy atom. The molecule has 0 aliphatic carbocycles. The van der Waals surface area contributed by atoms with Crippen molar-refractivity contribution in [1.29, 1.82) is 0 Å². The number of hydrogen-bond donors (Lipinski definition) is 0. The Morgan fingerprint density at radius 2 is 1.80 bits per heavy atom. The number of aromatic nitrogens is 3. The lowest BCUT2D eigenvalue weighted by atomic mass is 10.1. The molecule has 2 aromatic rings. The molecule has 20 heavy (non-hydrogen) atoms. The molecule has 4 nitrogen and oxygen atoms in total. The van der Waals surface area contributed by atoms with Gasteiger partial charge >= 0.3 is 0 Å². The minimum absolute atomic E-state index is 0.479. The number of rotatable bonds is 3. The third-order valence-electron chi connectivity index (χ3n) is 2.86. The first-order valence-corrected chi connectivity index (χ1v) is 6.62. The molecule has 0 spiro atoms. The predicted molar refractivity (Wildman–Crippen MR) is 82.7 cm³/mol. The zero-order valence-corrected chi connectivity index (χ0v) is 12.8. The van der Waals surface area contributed by atoms with E-state index in [9.17, 15) is 0 Å². The number of methoxy groups -OCH3 is 1. The van der Waals surface area contributed by atoms with Crippen LogP contribution < -0.4 is 4.74 Å². The molecule has 2 heterocycles. The largest absolute Gasteiger partial charge is 0.480 e. The normalized spacial score (nSPS) is 9.45. The van der Waals surface area contributed by atoms with Gasteiger partial charge in [0.15, 0.2) is 0 Å². The summed E-state index contributed by atoms with van der Waals surface area (Å²) in [5.74, 6) is 0.479. The molecular weight excluding hydrogens is 250 g/mol. The smallest absolute Gasteiger partial charge is 0.232 e. The number of ether oxygens (including phenoxy) is 1. The fraction of sp³-hybridized carbons (Fsp3) is 0.312. The summed E-state index contributed by atoms with van der Waals surface area (Å²) < 4.78 is 5.07. The van der Waals surface area contributed by atoms with Crippen LogP contribution in [0.3, 0.4) is 0 Å². The molecule has 4 heteroatoms. The van der Waals surface area contributed by atoms with Crippen molar-refractivity contribution >= 4 is 6.08 Å². The first-order chi connectivity index (χ1) is 9.65. The molecule has 0 fully saturated rings. The maximum Gasteiger partial charge on any atom is 0.232 e. The highest BCUT2D eigenvalue weighted by molar-refractivity contribution is 5.62. The van der Waals surface area contributed by atoms with Crippen LogP contribution in [0.5, 0.6) is 5.88 Å². The van der Waals surface area contributed by atoms with E-state index in [1.807, 2.05) is 39.8 Å². The van der Waals surface area contributed by atoms with Crippen LogP contribution in [0, 0.1) is 13.8 Å². The van der Waals surface area contributed by atoms with Crippen LogP contribution in [0.15, 0.2) is 25.0 Å². The van der Waals surface area contributed by atoms with Crippen LogP contribution >= 0.6 is 0 Å². The summed E-state index contributed by atoms with van der Waals surface area (Å²) >= 11 is 0. The summed E-state index contributed by atoms with van der Waals surface area (Å²) in [7, 11) is 1.57. The van der Waals surface area contributed by atoms with Gasteiger partial charge in [-0.2, -0.15) is 0 Å². The minimum Gasteiger partial charge on any atom is -0.480 e. The second-order valence-corrected chi connectivity index (χ2v) is 3.96. The van der Waals surface area contributed by atoms with Crippen LogP contribution in [-0.4, -0.2) is 22.1 Å². The van der Waals surface area contributed by atoms with Crippen molar-refractivity contribution in [3.63, 3.8) is 0 Å². The van der Waals surface area contributed by atoms with Gasteiger partial charge in [-0.1, -0.05) is 26.5 Å². The Bertz CT molecular complexity index is 594.